The Bertz CT molecular complexity index is 379. The molecule has 2 atom stereocenters. The Morgan fingerprint density at radius 1 is 1.41 bits per heavy atom. The Labute approximate surface area is 103 Å². The molecule has 1 fully saturated rings. The Morgan fingerprint density at radius 2 is 1.94 bits per heavy atom. The lowest BCUT2D eigenvalue weighted by Gasteiger charge is -2.46. The van der Waals surface area contributed by atoms with E-state index in [1.54, 1.807) is 25.7 Å². The fraction of sp³-hybridized carbons (Fsp3) is 0.692. The minimum Gasteiger partial charge on any atom is -0.343 e. The molecule has 1 aliphatic rings. The van der Waals surface area contributed by atoms with Crippen LogP contribution in [0.15, 0.2) is 0 Å². The molecule has 0 aromatic carbocycles. The standard InChI is InChI=1S/C13H20N2O2/c1-7-13(5,6)15-10(8(2)3)11(16)14-9(4)12(15)17/h1,8-10H,2-6H3,(H,14,16). The third kappa shape index (κ3) is 2.28. The largest absolute Gasteiger partial charge is 0.343 e. The average molecular weight is 236 g/mol. The Morgan fingerprint density at radius 3 is 2.35 bits per heavy atom. The van der Waals surface area contributed by atoms with Crippen molar-refractivity contribution in [3.63, 3.8) is 0 Å². The predicted molar refractivity (Wildman–Crippen MR) is 66.0 cm³/mol. The summed E-state index contributed by atoms with van der Waals surface area (Å²) < 4.78 is 0. The second-order valence-corrected chi connectivity index (χ2v) is 5.33. The van der Waals surface area contributed by atoms with Gasteiger partial charge >= 0.3 is 0 Å². The van der Waals surface area contributed by atoms with Crippen LogP contribution in [0.25, 0.3) is 0 Å². The molecule has 0 radical (unpaired) electrons. The SMILES string of the molecule is C#CC(C)(C)N1C(=O)C(C)NC(=O)C1C(C)C. The lowest BCUT2D eigenvalue weighted by molar-refractivity contribution is -0.155. The average Bonchev–Trinajstić information content (AvgIpc) is 2.22. The minimum absolute atomic E-state index is 0.0269. The zero-order valence-electron chi connectivity index (χ0n) is 11.1. The summed E-state index contributed by atoms with van der Waals surface area (Å²) in [5, 5.41) is 2.69. The van der Waals surface area contributed by atoms with E-state index in [-0.39, 0.29) is 17.7 Å². The van der Waals surface area contributed by atoms with Gasteiger partial charge in [0.05, 0.1) is 5.54 Å². The molecule has 1 aliphatic heterocycles. The van der Waals surface area contributed by atoms with Gasteiger partial charge in [0.25, 0.3) is 0 Å². The number of hydrogen-bond donors (Lipinski definition) is 1. The summed E-state index contributed by atoms with van der Waals surface area (Å²) in [5.41, 5.74) is -0.752. The van der Waals surface area contributed by atoms with E-state index in [1.807, 2.05) is 13.8 Å². The van der Waals surface area contributed by atoms with E-state index >= 15 is 0 Å². The van der Waals surface area contributed by atoms with Gasteiger partial charge in [-0.1, -0.05) is 19.8 Å². The summed E-state index contributed by atoms with van der Waals surface area (Å²) in [4.78, 5) is 25.7. The van der Waals surface area contributed by atoms with Gasteiger partial charge < -0.3 is 10.2 Å². The van der Waals surface area contributed by atoms with E-state index in [0.29, 0.717) is 0 Å². The van der Waals surface area contributed by atoms with Crippen molar-refractivity contribution in [2.24, 2.45) is 5.92 Å². The summed E-state index contributed by atoms with van der Waals surface area (Å²) in [6, 6.07) is -1.00. The fourth-order valence-electron chi connectivity index (χ4n) is 2.12. The maximum absolute atomic E-state index is 12.2. The van der Waals surface area contributed by atoms with Crippen molar-refractivity contribution in [2.45, 2.75) is 52.2 Å². The highest BCUT2D eigenvalue weighted by molar-refractivity contribution is 5.97. The molecule has 0 aromatic rings. The molecule has 17 heavy (non-hydrogen) atoms. The third-order valence-corrected chi connectivity index (χ3v) is 3.10. The molecule has 0 aliphatic carbocycles. The van der Waals surface area contributed by atoms with Crippen molar-refractivity contribution < 1.29 is 9.59 Å². The van der Waals surface area contributed by atoms with Gasteiger partial charge in [0.15, 0.2) is 0 Å². The number of nitrogens with one attached hydrogen (secondary N) is 1. The molecule has 94 valence electrons. The molecule has 4 heteroatoms. The second-order valence-electron chi connectivity index (χ2n) is 5.33. The molecule has 0 spiro atoms. The van der Waals surface area contributed by atoms with Crippen molar-refractivity contribution in [3.8, 4) is 12.3 Å². The first-order chi connectivity index (χ1) is 7.72. The molecule has 0 saturated carbocycles. The lowest BCUT2D eigenvalue weighted by atomic mass is 9.91. The van der Waals surface area contributed by atoms with Crippen LogP contribution in [0, 0.1) is 18.3 Å². The van der Waals surface area contributed by atoms with Gasteiger partial charge in [-0.05, 0) is 26.7 Å². The third-order valence-electron chi connectivity index (χ3n) is 3.10. The lowest BCUT2D eigenvalue weighted by Crippen LogP contribution is -2.68. The van der Waals surface area contributed by atoms with Crippen LogP contribution in [0.4, 0.5) is 0 Å². The molecule has 0 bridgehead atoms. The zero-order valence-corrected chi connectivity index (χ0v) is 11.1. The monoisotopic (exact) mass is 236 g/mol. The highest BCUT2D eigenvalue weighted by Gasteiger charge is 2.46. The molecule has 4 nitrogen and oxygen atoms in total. The fourth-order valence-corrected chi connectivity index (χ4v) is 2.12. The van der Waals surface area contributed by atoms with Crippen LogP contribution >= 0.6 is 0 Å². The number of terminal acetylenes is 1. The number of amides is 2. The molecule has 1 N–H and O–H groups in total. The molecule has 1 rings (SSSR count). The highest BCUT2D eigenvalue weighted by Crippen LogP contribution is 2.25. The summed E-state index contributed by atoms with van der Waals surface area (Å²) in [6.07, 6.45) is 5.48. The Balaban J connectivity index is 3.22. The quantitative estimate of drug-likeness (QED) is 0.720. The van der Waals surface area contributed by atoms with E-state index < -0.39 is 17.6 Å². The van der Waals surface area contributed by atoms with Crippen LogP contribution in [0.1, 0.15) is 34.6 Å². The normalized spacial score (nSPS) is 25.8. The molecule has 2 amide bonds. The van der Waals surface area contributed by atoms with Gasteiger partial charge in [-0.15, -0.1) is 6.42 Å². The summed E-state index contributed by atoms with van der Waals surface area (Å²) >= 11 is 0. The number of carbonyl (C=O) groups is 2. The van der Waals surface area contributed by atoms with Crippen LogP contribution in [-0.2, 0) is 9.59 Å². The van der Waals surface area contributed by atoms with Crippen molar-refractivity contribution in [2.75, 3.05) is 0 Å². The van der Waals surface area contributed by atoms with Gasteiger partial charge in [0, 0.05) is 0 Å². The minimum atomic E-state index is -0.752. The summed E-state index contributed by atoms with van der Waals surface area (Å²) in [7, 11) is 0. The van der Waals surface area contributed by atoms with Gasteiger partial charge in [0.1, 0.15) is 12.1 Å². The van der Waals surface area contributed by atoms with Gasteiger partial charge in [-0.3, -0.25) is 9.59 Å². The molecule has 1 saturated heterocycles. The van der Waals surface area contributed by atoms with Crippen molar-refractivity contribution >= 4 is 11.8 Å². The van der Waals surface area contributed by atoms with E-state index in [2.05, 4.69) is 11.2 Å². The number of carbonyl (C=O) groups excluding carboxylic acids is 2. The molecular weight excluding hydrogens is 216 g/mol. The number of rotatable bonds is 2. The van der Waals surface area contributed by atoms with Gasteiger partial charge in [-0.25, -0.2) is 0 Å². The van der Waals surface area contributed by atoms with Crippen LogP contribution in [0.3, 0.4) is 0 Å². The molecule has 1 heterocycles. The van der Waals surface area contributed by atoms with Crippen molar-refractivity contribution in [1.29, 1.82) is 0 Å². The summed E-state index contributed by atoms with van der Waals surface area (Å²) in [5.74, 6) is 2.37. The maximum Gasteiger partial charge on any atom is 0.246 e. The first-order valence-corrected chi connectivity index (χ1v) is 5.83. The van der Waals surface area contributed by atoms with Crippen LogP contribution in [0.5, 0.6) is 0 Å². The highest BCUT2D eigenvalue weighted by atomic mass is 16.2. The van der Waals surface area contributed by atoms with Crippen LogP contribution < -0.4 is 5.32 Å². The molecular formula is C13H20N2O2. The van der Waals surface area contributed by atoms with Crippen molar-refractivity contribution in [3.05, 3.63) is 0 Å². The molecule has 2 unspecified atom stereocenters. The van der Waals surface area contributed by atoms with Crippen LogP contribution in [-0.4, -0.2) is 34.3 Å². The zero-order chi connectivity index (χ0) is 13.4. The van der Waals surface area contributed by atoms with E-state index in [9.17, 15) is 9.59 Å². The van der Waals surface area contributed by atoms with Gasteiger partial charge in [0.2, 0.25) is 11.8 Å². The summed E-state index contributed by atoms with van der Waals surface area (Å²) in [6.45, 7) is 9.06. The van der Waals surface area contributed by atoms with Crippen LogP contribution in [0.2, 0.25) is 0 Å². The van der Waals surface area contributed by atoms with Crippen molar-refractivity contribution in [1.82, 2.24) is 10.2 Å². The smallest absolute Gasteiger partial charge is 0.246 e. The second kappa shape index (κ2) is 4.40. The van der Waals surface area contributed by atoms with Gasteiger partial charge in [-0.2, -0.15) is 0 Å². The van der Waals surface area contributed by atoms with E-state index in [4.69, 9.17) is 6.42 Å². The number of hydrogen-bond acceptors (Lipinski definition) is 2. The first kappa shape index (κ1) is 13.6. The first-order valence-electron chi connectivity index (χ1n) is 5.83. The van der Waals surface area contributed by atoms with E-state index in [1.165, 1.54) is 0 Å². The Hall–Kier alpha value is -1.50. The van der Waals surface area contributed by atoms with E-state index in [0.717, 1.165) is 0 Å². The topological polar surface area (TPSA) is 49.4 Å². The number of nitrogens with zero attached hydrogens (tertiary/aromatic N) is 1. The Kier molecular flexibility index (Phi) is 3.51. The maximum atomic E-state index is 12.2. The molecule has 0 aromatic heterocycles. The number of piperazine rings is 1. The predicted octanol–water partition coefficient (Wildman–Crippen LogP) is 0.770.